The van der Waals surface area contributed by atoms with E-state index in [1.54, 1.807) is 0 Å². The first-order valence-electron chi connectivity index (χ1n) is 7.20. The molecule has 0 aromatic carbocycles. The minimum absolute atomic E-state index is 0.665. The van der Waals surface area contributed by atoms with Gasteiger partial charge in [-0.3, -0.25) is 0 Å². The van der Waals surface area contributed by atoms with Crippen LogP contribution in [0.5, 0.6) is 0 Å². The first-order chi connectivity index (χ1) is 7.77. The molecule has 16 heavy (non-hydrogen) atoms. The Hall–Kier alpha value is -0.300. The zero-order valence-corrected chi connectivity index (χ0v) is 10.9. The zero-order chi connectivity index (χ0) is 11.4. The Bertz CT molecular complexity index is 232. The Labute approximate surface area is 101 Å². The van der Waals surface area contributed by atoms with Crippen LogP contribution in [0.2, 0.25) is 0 Å². The van der Waals surface area contributed by atoms with Crippen molar-refractivity contribution in [3.63, 3.8) is 0 Å². The Balaban J connectivity index is 1.90. The van der Waals surface area contributed by atoms with Crippen molar-refractivity contribution in [2.24, 2.45) is 11.8 Å². The second-order valence-corrected chi connectivity index (χ2v) is 5.93. The van der Waals surface area contributed by atoms with Crippen LogP contribution in [-0.4, -0.2) is 12.1 Å². The molecule has 1 fully saturated rings. The molecule has 92 valence electrons. The van der Waals surface area contributed by atoms with Crippen molar-refractivity contribution in [1.29, 1.82) is 0 Å². The van der Waals surface area contributed by atoms with Gasteiger partial charge < -0.3 is 5.32 Å². The Morgan fingerprint density at radius 2 is 1.88 bits per heavy atom. The molecule has 0 aromatic rings. The van der Waals surface area contributed by atoms with Crippen LogP contribution in [0.25, 0.3) is 0 Å². The molecule has 2 rings (SSSR count). The van der Waals surface area contributed by atoms with E-state index < -0.39 is 0 Å². The third-order valence-electron chi connectivity index (χ3n) is 4.36. The summed E-state index contributed by atoms with van der Waals surface area (Å²) in [5.41, 5.74) is 0. The Morgan fingerprint density at radius 1 is 1.06 bits per heavy atom. The molecule has 0 aliphatic heterocycles. The van der Waals surface area contributed by atoms with Gasteiger partial charge in [-0.1, -0.05) is 38.8 Å². The fraction of sp³-hybridized carbons (Fsp3) is 0.867. The van der Waals surface area contributed by atoms with Gasteiger partial charge in [-0.2, -0.15) is 0 Å². The molecule has 3 atom stereocenters. The van der Waals surface area contributed by atoms with Gasteiger partial charge in [0, 0.05) is 12.1 Å². The first-order valence-corrected chi connectivity index (χ1v) is 7.20. The van der Waals surface area contributed by atoms with Crippen molar-refractivity contribution in [2.75, 3.05) is 0 Å². The summed E-state index contributed by atoms with van der Waals surface area (Å²) in [5.74, 6) is 1.74. The fourth-order valence-corrected chi connectivity index (χ4v) is 3.39. The van der Waals surface area contributed by atoms with E-state index >= 15 is 0 Å². The second kappa shape index (κ2) is 5.86. The molecule has 0 aromatic heterocycles. The highest BCUT2D eigenvalue weighted by Crippen LogP contribution is 2.31. The van der Waals surface area contributed by atoms with Crippen LogP contribution in [0.3, 0.4) is 0 Å². The van der Waals surface area contributed by atoms with Gasteiger partial charge >= 0.3 is 0 Å². The molecule has 0 radical (unpaired) electrons. The molecular formula is C15H27N. The third-order valence-corrected chi connectivity index (χ3v) is 4.36. The predicted octanol–water partition coefficient (Wildman–Crippen LogP) is 3.90. The number of nitrogens with one attached hydrogen (secondary N) is 1. The number of rotatable bonds is 3. The quantitative estimate of drug-likeness (QED) is 0.713. The maximum atomic E-state index is 3.90. The molecular weight excluding hydrogens is 194 g/mol. The van der Waals surface area contributed by atoms with E-state index in [0.717, 1.165) is 17.9 Å². The summed E-state index contributed by atoms with van der Waals surface area (Å²) in [4.78, 5) is 0. The number of hydrogen-bond acceptors (Lipinski definition) is 1. The molecule has 0 heterocycles. The van der Waals surface area contributed by atoms with E-state index in [0.29, 0.717) is 6.04 Å². The molecule has 2 aliphatic carbocycles. The average molecular weight is 221 g/mol. The lowest BCUT2D eigenvalue weighted by atomic mass is 9.77. The molecule has 1 N–H and O–H groups in total. The van der Waals surface area contributed by atoms with Gasteiger partial charge in [0.05, 0.1) is 0 Å². The lowest BCUT2D eigenvalue weighted by Gasteiger charge is -2.37. The van der Waals surface area contributed by atoms with E-state index in [9.17, 15) is 0 Å². The third kappa shape index (κ3) is 3.10. The highest BCUT2D eigenvalue weighted by atomic mass is 15.0. The van der Waals surface area contributed by atoms with Crippen molar-refractivity contribution in [1.82, 2.24) is 5.32 Å². The lowest BCUT2D eigenvalue weighted by molar-refractivity contribution is 0.195. The maximum Gasteiger partial charge on any atom is 0.0252 e. The van der Waals surface area contributed by atoms with Crippen LogP contribution in [0.1, 0.15) is 58.8 Å². The lowest BCUT2D eigenvalue weighted by Crippen LogP contribution is -2.45. The predicted molar refractivity (Wildman–Crippen MR) is 70.5 cm³/mol. The summed E-state index contributed by atoms with van der Waals surface area (Å²) in [5, 5.41) is 3.90. The molecule has 2 aliphatic rings. The Kier molecular flexibility index (Phi) is 4.45. The summed E-state index contributed by atoms with van der Waals surface area (Å²) in [6, 6.07) is 1.44. The first kappa shape index (κ1) is 12.2. The van der Waals surface area contributed by atoms with E-state index in [1.807, 2.05) is 0 Å². The summed E-state index contributed by atoms with van der Waals surface area (Å²) < 4.78 is 0. The van der Waals surface area contributed by atoms with Crippen molar-refractivity contribution < 1.29 is 0 Å². The highest BCUT2D eigenvalue weighted by molar-refractivity contribution is 4.99. The topological polar surface area (TPSA) is 12.0 Å². The minimum Gasteiger partial charge on any atom is -0.307 e. The second-order valence-electron chi connectivity index (χ2n) is 5.93. The minimum atomic E-state index is 0.665. The van der Waals surface area contributed by atoms with E-state index in [-0.39, 0.29) is 0 Å². The van der Waals surface area contributed by atoms with Crippen LogP contribution < -0.4 is 5.32 Å². The van der Waals surface area contributed by atoms with Crippen molar-refractivity contribution in [3.05, 3.63) is 12.2 Å². The van der Waals surface area contributed by atoms with Crippen molar-refractivity contribution in [3.8, 4) is 0 Å². The van der Waals surface area contributed by atoms with Gasteiger partial charge in [-0.25, -0.2) is 0 Å². The average Bonchev–Trinajstić information content (AvgIpc) is 2.31. The number of allylic oxidation sites excluding steroid dienone is 1. The summed E-state index contributed by atoms with van der Waals surface area (Å²) in [6.45, 7) is 4.78. The molecule has 1 saturated carbocycles. The van der Waals surface area contributed by atoms with E-state index in [4.69, 9.17) is 0 Å². The van der Waals surface area contributed by atoms with Gasteiger partial charge in [0.2, 0.25) is 0 Å². The molecule has 0 amide bonds. The summed E-state index contributed by atoms with van der Waals surface area (Å²) >= 11 is 0. The van der Waals surface area contributed by atoms with Crippen molar-refractivity contribution in [2.45, 2.75) is 70.9 Å². The fourth-order valence-electron chi connectivity index (χ4n) is 3.39. The standard InChI is InChI=1S/C15H27N/c1-12(2)14-10-6-7-11-15(14)16-13-8-4-3-5-9-13/h4,8,12-16H,3,5-7,9-11H2,1-2H3. The molecule has 0 bridgehead atoms. The van der Waals surface area contributed by atoms with Gasteiger partial charge in [0.25, 0.3) is 0 Å². The van der Waals surface area contributed by atoms with Gasteiger partial charge in [0.15, 0.2) is 0 Å². The maximum absolute atomic E-state index is 3.90. The largest absolute Gasteiger partial charge is 0.307 e. The van der Waals surface area contributed by atoms with Crippen LogP contribution in [0, 0.1) is 11.8 Å². The summed E-state index contributed by atoms with van der Waals surface area (Å²) in [6.07, 6.45) is 14.5. The molecule has 0 spiro atoms. The normalized spacial score (nSPS) is 35.6. The van der Waals surface area contributed by atoms with Crippen LogP contribution in [0.15, 0.2) is 12.2 Å². The van der Waals surface area contributed by atoms with Gasteiger partial charge in [-0.15, -0.1) is 0 Å². The highest BCUT2D eigenvalue weighted by Gasteiger charge is 2.28. The van der Waals surface area contributed by atoms with E-state index in [1.165, 1.54) is 44.9 Å². The van der Waals surface area contributed by atoms with Gasteiger partial charge in [0.1, 0.15) is 0 Å². The SMILES string of the molecule is CC(C)C1CCCCC1NC1C=CCCC1. The monoisotopic (exact) mass is 221 g/mol. The molecule has 3 unspecified atom stereocenters. The van der Waals surface area contributed by atoms with Crippen LogP contribution >= 0.6 is 0 Å². The summed E-state index contributed by atoms with van der Waals surface area (Å²) in [7, 11) is 0. The van der Waals surface area contributed by atoms with Gasteiger partial charge in [-0.05, 0) is 43.9 Å². The van der Waals surface area contributed by atoms with Crippen molar-refractivity contribution >= 4 is 0 Å². The molecule has 1 heteroatoms. The molecule has 0 saturated heterocycles. The smallest absolute Gasteiger partial charge is 0.0252 e. The number of hydrogen-bond donors (Lipinski definition) is 1. The Morgan fingerprint density at radius 3 is 2.56 bits per heavy atom. The van der Waals surface area contributed by atoms with Crippen LogP contribution in [-0.2, 0) is 0 Å². The van der Waals surface area contributed by atoms with Crippen LogP contribution in [0.4, 0.5) is 0 Å². The van der Waals surface area contributed by atoms with E-state index in [2.05, 4.69) is 31.3 Å². The zero-order valence-electron chi connectivity index (χ0n) is 10.9. The molecule has 1 nitrogen and oxygen atoms in total.